The molecule has 134 valence electrons. The zero-order valence-electron chi connectivity index (χ0n) is 14.7. The molecular weight excluding hydrogens is 350 g/mol. The van der Waals surface area contributed by atoms with Gasteiger partial charge in [0.05, 0.1) is 16.1 Å². The number of aromatic nitrogens is 3. The first-order chi connectivity index (χ1) is 12.5. The second-order valence-corrected chi connectivity index (χ2v) is 7.04. The Morgan fingerprint density at radius 1 is 1.31 bits per heavy atom. The van der Waals surface area contributed by atoms with Crippen LogP contribution in [0.4, 0.5) is 5.82 Å². The molecule has 0 bridgehead atoms. The molecule has 1 fully saturated rings. The third-order valence-electron chi connectivity index (χ3n) is 4.85. The van der Waals surface area contributed by atoms with Crippen LogP contribution < -0.4 is 4.90 Å². The largest absolute Gasteiger partial charge is 0.350 e. The number of rotatable bonds is 2. The van der Waals surface area contributed by atoms with Crippen molar-refractivity contribution in [3.05, 3.63) is 41.6 Å². The van der Waals surface area contributed by atoms with Crippen molar-refractivity contribution in [2.75, 3.05) is 24.5 Å². The quantitative estimate of drug-likeness (QED) is 0.752. The van der Waals surface area contributed by atoms with Gasteiger partial charge in [0.1, 0.15) is 11.6 Å². The molecule has 0 radical (unpaired) electrons. The number of hydrogen-bond acceptors (Lipinski definition) is 4. The summed E-state index contributed by atoms with van der Waals surface area (Å²) in [5, 5.41) is 0.558. The number of hydrogen-bond donors (Lipinski definition) is 1. The molecule has 7 heteroatoms. The second kappa shape index (κ2) is 6.61. The van der Waals surface area contributed by atoms with Crippen LogP contribution in [-0.4, -0.2) is 51.4 Å². The number of amides is 1. The van der Waals surface area contributed by atoms with Crippen molar-refractivity contribution in [1.29, 1.82) is 0 Å². The van der Waals surface area contributed by atoms with E-state index in [9.17, 15) is 4.79 Å². The third kappa shape index (κ3) is 3.01. The van der Waals surface area contributed by atoms with Gasteiger partial charge in [0, 0.05) is 44.4 Å². The second-order valence-electron chi connectivity index (χ2n) is 6.63. The standard InChI is InChI=1S/C19H20ClN5O/c1-12-11-24(13(2)26)7-8-25(12)18-9-14(15(20)10-21-18)19-22-16-5-3-4-6-17(16)23-19/h3-6,9-10,12H,7-8,11H2,1-2H3,(H,22,23)/t12-/m1/s1. The lowest BCUT2D eigenvalue weighted by molar-refractivity contribution is -0.129. The van der Waals surface area contributed by atoms with Crippen molar-refractivity contribution in [3.8, 4) is 11.4 Å². The lowest BCUT2D eigenvalue weighted by Crippen LogP contribution is -2.53. The first-order valence-electron chi connectivity index (χ1n) is 8.66. The molecule has 4 rings (SSSR count). The van der Waals surface area contributed by atoms with Gasteiger partial charge in [-0.05, 0) is 25.1 Å². The third-order valence-corrected chi connectivity index (χ3v) is 5.15. The number of piperazine rings is 1. The fourth-order valence-electron chi connectivity index (χ4n) is 3.43. The van der Waals surface area contributed by atoms with E-state index in [0.717, 1.165) is 34.8 Å². The summed E-state index contributed by atoms with van der Waals surface area (Å²) >= 11 is 6.40. The van der Waals surface area contributed by atoms with Gasteiger partial charge in [0.2, 0.25) is 5.91 Å². The number of H-pyrrole nitrogens is 1. The fourth-order valence-corrected chi connectivity index (χ4v) is 3.62. The van der Waals surface area contributed by atoms with E-state index in [1.807, 2.05) is 35.2 Å². The number of aromatic amines is 1. The maximum atomic E-state index is 11.6. The molecular formula is C19H20ClN5O. The van der Waals surface area contributed by atoms with Crippen LogP contribution in [0.15, 0.2) is 36.5 Å². The Morgan fingerprint density at radius 3 is 2.85 bits per heavy atom. The molecule has 6 nitrogen and oxygen atoms in total. The minimum Gasteiger partial charge on any atom is -0.350 e. The first-order valence-corrected chi connectivity index (χ1v) is 9.03. The van der Waals surface area contributed by atoms with E-state index in [4.69, 9.17) is 11.6 Å². The van der Waals surface area contributed by atoms with Gasteiger partial charge in [-0.2, -0.15) is 0 Å². The molecule has 1 N–H and O–H groups in total. The van der Waals surface area contributed by atoms with Gasteiger partial charge in [-0.3, -0.25) is 4.79 Å². The normalized spacial score (nSPS) is 17.7. The number of halogens is 1. The Hall–Kier alpha value is -2.60. The molecule has 3 aromatic rings. The zero-order valence-corrected chi connectivity index (χ0v) is 15.5. The lowest BCUT2D eigenvalue weighted by Gasteiger charge is -2.40. The fraction of sp³-hybridized carbons (Fsp3) is 0.316. The summed E-state index contributed by atoms with van der Waals surface area (Å²) in [6, 6.07) is 10.0. The number of fused-ring (bicyclic) bond motifs is 1. The molecule has 0 spiro atoms. The highest BCUT2D eigenvalue weighted by Gasteiger charge is 2.26. The van der Waals surface area contributed by atoms with Crippen LogP contribution in [0.25, 0.3) is 22.4 Å². The highest BCUT2D eigenvalue weighted by molar-refractivity contribution is 6.33. The molecule has 0 saturated carbocycles. The summed E-state index contributed by atoms with van der Waals surface area (Å²) in [6.45, 7) is 5.85. The smallest absolute Gasteiger partial charge is 0.219 e. The number of anilines is 1. The summed E-state index contributed by atoms with van der Waals surface area (Å²) in [5.41, 5.74) is 2.70. The van der Waals surface area contributed by atoms with Crippen molar-refractivity contribution >= 4 is 34.4 Å². The number of carbonyl (C=O) groups is 1. The van der Waals surface area contributed by atoms with Gasteiger partial charge in [-0.15, -0.1) is 0 Å². The van der Waals surface area contributed by atoms with Crippen molar-refractivity contribution < 1.29 is 4.79 Å². The summed E-state index contributed by atoms with van der Waals surface area (Å²) in [5.74, 6) is 1.69. The molecule has 1 amide bonds. The SMILES string of the molecule is CC(=O)N1CCN(c2cc(-c3nc4ccccc4[nH]3)c(Cl)cn2)[C@H](C)C1. The Morgan fingerprint density at radius 2 is 2.12 bits per heavy atom. The Bertz CT molecular complexity index is 936. The predicted molar refractivity (Wildman–Crippen MR) is 103 cm³/mol. The molecule has 1 aliphatic rings. The van der Waals surface area contributed by atoms with E-state index in [1.54, 1.807) is 13.1 Å². The highest BCUT2D eigenvalue weighted by Crippen LogP contribution is 2.31. The van der Waals surface area contributed by atoms with Gasteiger partial charge in [0.15, 0.2) is 0 Å². The van der Waals surface area contributed by atoms with Gasteiger partial charge >= 0.3 is 0 Å². The summed E-state index contributed by atoms with van der Waals surface area (Å²) < 4.78 is 0. The van der Waals surface area contributed by atoms with Crippen molar-refractivity contribution in [2.24, 2.45) is 0 Å². The molecule has 1 saturated heterocycles. The van der Waals surface area contributed by atoms with Crippen LogP contribution in [0, 0.1) is 0 Å². The van der Waals surface area contributed by atoms with Crippen molar-refractivity contribution in [3.63, 3.8) is 0 Å². The topological polar surface area (TPSA) is 65.1 Å². The van der Waals surface area contributed by atoms with Crippen molar-refractivity contribution in [1.82, 2.24) is 19.9 Å². The zero-order chi connectivity index (χ0) is 18.3. The summed E-state index contributed by atoms with van der Waals surface area (Å²) in [6.07, 6.45) is 1.67. The first kappa shape index (κ1) is 16.8. The number of carbonyl (C=O) groups excluding carboxylic acids is 1. The minimum absolute atomic E-state index is 0.114. The van der Waals surface area contributed by atoms with Gasteiger partial charge in [-0.1, -0.05) is 23.7 Å². The van der Waals surface area contributed by atoms with E-state index in [2.05, 4.69) is 26.8 Å². The van der Waals surface area contributed by atoms with Crippen LogP contribution in [0.2, 0.25) is 5.02 Å². The number of nitrogens with one attached hydrogen (secondary N) is 1. The van der Waals surface area contributed by atoms with Crippen LogP contribution in [0.5, 0.6) is 0 Å². The average molecular weight is 370 g/mol. The molecule has 0 unspecified atom stereocenters. The van der Waals surface area contributed by atoms with E-state index in [1.165, 1.54) is 0 Å². The van der Waals surface area contributed by atoms with E-state index in [0.29, 0.717) is 18.1 Å². The van der Waals surface area contributed by atoms with Crippen LogP contribution in [0.3, 0.4) is 0 Å². The van der Waals surface area contributed by atoms with E-state index < -0.39 is 0 Å². The van der Waals surface area contributed by atoms with E-state index >= 15 is 0 Å². The molecule has 1 aromatic carbocycles. The summed E-state index contributed by atoms with van der Waals surface area (Å²) in [4.78, 5) is 28.2. The minimum atomic E-state index is 0.114. The summed E-state index contributed by atoms with van der Waals surface area (Å²) in [7, 11) is 0. The number of pyridine rings is 1. The van der Waals surface area contributed by atoms with Crippen LogP contribution in [-0.2, 0) is 4.79 Å². The Labute approximate surface area is 156 Å². The highest BCUT2D eigenvalue weighted by atomic mass is 35.5. The monoisotopic (exact) mass is 369 g/mol. The number of para-hydroxylation sites is 2. The Balaban J connectivity index is 1.67. The maximum absolute atomic E-state index is 11.6. The molecule has 3 heterocycles. The lowest BCUT2D eigenvalue weighted by atomic mass is 10.1. The molecule has 1 atom stereocenters. The molecule has 0 aliphatic carbocycles. The van der Waals surface area contributed by atoms with Gasteiger partial charge in [0.25, 0.3) is 0 Å². The van der Waals surface area contributed by atoms with Crippen molar-refractivity contribution in [2.45, 2.75) is 19.9 Å². The Kier molecular flexibility index (Phi) is 4.28. The van der Waals surface area contributed by atoms with Gasteiger partial charge in [-0.25, -0.2) is 9.97 Å². The average Bonchev–Trinajstić information content (AvgIpc) is 3.06. The maximum Gasteiger partial charge on any atom is 0.219 e. The molecule has 1 aliphatic heterocycles. The number of nitrogens with zero attached hydrogens (tertiary/aromatic N) is 4. The number of benzene rings is 1. The van der Waals surface area contributed by atoms with Crippen LogP contribution in [0.1, 0.15) is 13.8 Å². The molecule has 2 aromatic heterocycles. The van der Waals surface area contributed by atoms with Gasteiger partial charge < -0.3 is 14.8 Å². The predicted octanol–water partition coefficient (Wildman–Crippen LogP) is 3.34. The molecule has 26 heavy (non-hydrogen) atoms. The van der Waals surface area contributed by atoms with Crippen LogP contribution >= 0.6 is 11.6 Å². The van der Waals surface area contributed by atoms with E-state index in [-0.39, 0.29) is 11.9 Å². The number of imidazole rings is 1.